The summed E-state index contributed by atoms with van der Waals surface area (Å²) in [5, 5.41) is 6.68. The Hall–Kier alpha value is -4.16. The Balaban J connectivity index is 1.49. The van der Waals surface area contributed by atoms with E-state index in [1.54, 1.807) is 26.8 Å². The molecule has 0 saturated carbocycles. The van der Waals surface area contributed by atoms with Gasteiger partial charge in [0.15, 0.2) is 17.2 Å². The molecule has 0 radical (unpaired) electrons. The van der Waals surface area contributed by atoms with Crippen LogP contribution in [0.1, 0.15) is 50.0 Å². The van der Waals surface area contributed by atoms with E-state index in [0.29, 0.717) is 42.5 Å². The molecular formula is C25H29F2N5O6. The highest BCUT2D eigenvalue weighted by molar-refractivity contribution is 5.95. The van der Waals surface area contributed by atoms with Crippen molar-refractivity contribution in [3.63, 3.8) is 0 Å². The number of carbonyl (C=O) groups is 2. The molecule has 2 aromatic heterocycles. The van der Waals surface area contributed by atoms with E-state index in [1.165, 1.54) is 22.8 Å². The molecule has 0 aliphatic carbocycles. The van der Waals surface area contributed by atoms with Crippen molar-refractivity contribution in [2.75, 3.05) is 24.7 Å². The fraction of sp³-hybridized carbons (Fsp3) is 0.440. The van der Waals surface area contributed by atoms with Crippen LogP contribution in [0.5, 0.6) is 11.5 Å². The fourth-order valence-electron chi connectivity index (χ4n) is 3.87. The molecule has 1 aromatic carbocycles. The van der Waals surface area contributed by atoms with Crippen LogP contribution in [0.25, 0.3) is 5.65 Å². The lowest BCUT2D eigenvalue weighted by Gasteiger charge is -2.36. The third-order valence-electron chi connectivity index (χ3n) is 5.63. The molecule has 13 heteroatoms. The summed E-state index contributed by atoms with van der Waals surface area (Å²) in [5.41, 5.74) is -0.0933. The quantitative estimate of drug-likeness (QED) is 0.429. The second kappa shape index (κ2) is 11.1. The van der Waals surface area contributed by atoms with Crippen LogP contribution in [0.4, 0.5) is 19.5 Å². The molecule has 1 aliphatic rings. The molecule has 0 bridgehead atoms. The number of ether oxygens (including phenoxy) is 3. The van der Waals surface area contributed by atoms with Crippen molar-refractivity contribution in [3.05, 3.63) is 47.5 Å². The average molecular weight is 534 g/mol. The van der Waals surface area contributed by atoms with E-state index in [9.17, 15) is 18.5 Å². The van der Waals surface area contributed by atoms with Gasteiger partial charge in [-0.15, -0.1) is 0 Å². The van der Waals surface area contributed by atoms with E-state index in [-0.39, 0.29) is 30.4 Å². The van der Waals surface area contributed by atoms with Crippen LogP contribution in [-0.4, -0.2) is 58.1 Å². The minimum absolute atomic E-state index is 0.0855. The van der Waals surface area contributed by atoms with Gasteiger partial charge in [-0.2, -0.15) is 5.10 Å². The molecule has 4 rings (SSSR count). The zero-order valence-corrected chi connectivity index (χ0v) is 21.5. The molecule has 1 atom stereocenters. The standard InChI is InChI=1S/C25H29F2N5O6/c1-15-14-36-20-13-32-21(18(11-29-32)23(33)38-27)30-22(20)31(15)12-16-10-17(26)6-7-19(16)35-9-5-8-28-24(34)37-25(2,3)4/h6-7,10-11,13,15H,5,8-9,12,14H2,1-4H3,(H,28,34). The summed E-state index contributed by atoms with van der Waals surface area (Å²) in [6, 6.07) is 4.05. The van der Waals surface area contributed by atoms with E-state index in [1.807, 2.05) is 11.8 Å². The summed E-state index contributed by atoms with van der Waals surface area (Å²) >= 11 is 0. The van der Waals surface area contributed by atoms with Crippen molar-refractivity contribution < 1.29 is 37.7 Å². The molecule has 3 heterocycles. The van der Waals surface area contributed by atoms with Crippen molar-refractivity contribution in [2.24, 2.45) is 0 Å². The van der Waals surface area contributed by atoms with E-state index >= 15 is 0 Å². The fourth-order valence-corrected chi connectivity index (χ4v) is 3.87. The third kappa shape index (κ3) is 6.21. The van der Waals surface area contributed by atoms with Gasteiger partial charge in [0.1, 0.15) is 29.3 Å². The first-order valence-electron chi connectivity index (χ1n) is 12.0. The third-order valence-corrected chi connectivity index (χ3v) is 5.63. The van der Waals surface area contributed by atoms with Crippen LogP contribution in [0, 0.1) is 5.82 Å². The number of benzene rings is 1. The van der Waals surface area contributed by atoms with E-state index in [2.05, 4.69) is 20.3 Å². The monoisotopic (exact) mass is 533 g/mol. The van der Waals surface area contributed by atoms with Crippen molar-refractivity contribution >= 4 is 23.5 Å². The highest BCUT2D eigenvalue weighted by atomic mass is 19.3. The Morgan fingerprint density at radius 2 is 2.08 bits per heavy atom. The normalized spacial score (nSPS) is 15.0. The van der Waals surface area contributed by atoms with Gasteiger partial charge in [-0.3, -0.25) is 0 Å². The molecule has 0 fully saturated rings. The van der Waals surface area contributed by atoms with Crippen molar-refractivity contribution in [1.82, 2.24) is 19.9 Å². The van der Waals surface area contributed by atoms with Crippen LogP contribution < -0.4 is 19.7 Å². The number of hydrogen-bond donors (Lipinski definition) is 1. The van der Waals surface area contributed by atoms with Gasteiger partial charge in [-0.1, -0.05) is 0 Å². The number of fused-ring (bicyclic) bond motifs is 2. The summed E-state index contributed by atoms with van der Waals surface area (Å²) in [6.45, 7) is 8.40. The summed E-state index contributed by atoms with van der Waals surface area (Å²) in [4.78, 5) is 33.3. The maximum atomic E-state index is 14.2. The Morgan fingerprint density at radius 3 is 2.82 bits per heavy atom. The van der Waals surface area contributed by atoms with Gasteiger partial charge < -0.3 is 24.4 Å². The van der Waals surface area contributed by atoms with Crippen LogP contribution in [0.15, 0.2) is 30.6 Å². The lowest BCUT2D eigenvalue weighted by molar-refractivity contribution is -0.0786. The molecule has 1 unspecified atom stereocenters. The molecule has 1 aliphatic heterocycles. The number of carbonyl (C=O) groups excluding carboxylic acids is 2. The summed E-state index contributed by atoms with van der Waals surface area (Å²) in [5.74, 6) is -0.415. The van der Waals surface area contributed by atoms with Crippen LogP contribution in [0.2, 0.25) is 0 Å². The number of halogens is 2. The van der Waals surface area contributed by atoms with Gasteiger partial charge in [0.25, 0.3) is 0 Å². The molecule has 0 saturated heterocycles. The summed E-state index contributed by atoms with van der Waals surface area (Å²) < 4.78 is 45.0. The molecule has 1 amide bonds. The maximum absolute atomic E-state index is 14.2. The second-order valence-electron chi connectivity index (χ2n) is 9.79. The molecule has 3 aromatic rings. The first-order valence-corrected chi connectivity index (χ1v) is 12.0. The van der Waals surface area contributed by atoms with Crippen LogP contribution in [0.3, 0.4) is 0 Å². The van der Waals surface area contributed by atoms with Crippen LogP contribution in [-0.2, 0) is 16.2 Å². The van der Waals surface area contributed by atoms with Crippen molar-refractivity contribution in [2.45, 2.75) is 52.3 Å². The molecule has 38 heavy (non-hydrogen) atoms. The minimum Gasteiger partial charge on any atom is -0.493 e. The number of alkyl carbamates (subject to hydrolysis) is 1. The van der Waals surface area contributed by atoms with Crippen molar-refractivity contribution in [1.29, 1.82) is 0 Å². The Bertz CT molecular complexity index is 1330. The highest BCUT2D eigenvalue weighted by Gasteiger charge is 2.29. The summed E-state index contributed by atoms with van der Waals surface area (Å²) in [7, 11) is 0. The van der Waals surface area contributed by atoms with E-state index < -0.39 is 23.5 Å². The number of nitrogens with zero attached hydrogens (tertiary/aromatic N) is 4. The number of rotatable bonds is 8. The van der Waals surface area contributed by atoms with E-state index in [0.717, 1.165) is 6.20 Å². The lowest BCUT2D eigenvalue weighted by atomic mass is 10.1. The molecule has 11 nitrogen and oxygen atoms in total. The average Bonchev–Trinajstić information content (AvgIpc) is 3.27. The van der Waals surface area contributed by atoms with Gasteiger partial charge >= 0.3 is 12.1 Å². The van der Waals surface area contributed by atoms with Crippen molar-refractivity contribution in [3.8, 4) is 11.5 Å². The number of aromatic nitrogens is 3. The zero-order valence-electron chi connectivity index (χ0n) is 21.5. The Kier molecular flexibility index (Phi) is 7.83. The first-order chi connectivity index (χ1) is 18.1. The molecule has 1 N–H and O–H groups in total. The minimum atomic E-state index is -1.22. The number of hydrogen-bond acceptors (Lipinski definition) is 9. The first kappa shape index (κ1) is 26.9. The van der Waals surface area contributed by atoms with Gasteiger partial charge in [0.2, 0.25) is 0 Å². The largest absolute Gasteiger partial charge is 0.493 e. The second-order valence-corrected chi connectivity index (χ2v) is 9.79. The van der Waals surface area contributed by atoms with Crippen LogP contribution >= 0.6 is 0 Å². The Labute approximate surface area is 217 Å². The Morgan fingerprint density at radius 1 is 1.29 bits per heavy atom. The van der Waals surface area contributed by atoms with Gasteiger partial charge in [-0.25, -0.2) is 28.4 Å². The summed E-state index contributed by atoms with van der Waals surface area (Å²) in [6.07, 6.45) is 2.68. The van der Waals surface area contributed by atoms with Gasteiger partial charge in [-0.05, 0) is 52.3 Å². The molecular weight excluding hydrogens is 504 g/mol. The number of amides is 1. The van der Waals surface area contributed by atoms with E-state index in [4.69, 9.17) is 14.2 Å². The number of anilines is 1. The topological polar surface area (TPSA) is 117 Å². The zero-order chi connectivity index (χ0) is 27.4. The van der Waals surface area contributed by atoms with Gasteiger partial charge in [0.05, 0.1) is 25.0 Å². The highest BCUT2D eigenvalue weighted by Crippen LogP contribution is 2.35. The smallest absolute Gasteiger partial charge is 0.407 e. The predicted octanol–water partition coefficient (Wildman–Crippen LogP) is 3.99. The van der Waals surface area contributed by atoms with Gasteiger partial charge in [0, 0.05) is 23.2 Å². The SMILES string of the molecule is CC1COc2cn3ncc(C(=O)OF)c3nc2N1Cc1cc(F)ccc1OCCCNC(=O)OC(C)(C)C. The lowest BCUT2D eigenvalue weighted by Crippen LogP contribution is -2.41. The number of nitrogens with one attached hydrogen (secondary N) is 1. The predicted molar refractivity (Wildman–Crippen MR) is 131 cm³/mol. The maximum Gasteiger partial charge on any atom is 0.407 e. The molecule has 204 valence electrons. The molecule has 0 spiro atoms.